The molecule has 0 heterocycles. The summed E-state index contributed by atoms with van der Waals surface area (Å²) in [6.07, 6.45) is 12.7. The van der Waals surface area contributed by atoms with E-state index in [1.807, 2.05) is 18.2 Å². The molecule has 136 valence electrons. The van der Waals surface area contributed by atoms with Crippen molar-refractivity contribution in [2.45, 2.75) is 106 Å². The molecular formula is C23H44. The number of hydrogen-bond donors (Lipinski definition) is 0. The molecule has 0 saturated heterocycles. The Morgan fingerprint density at radius 2 is 1.13 bits per heavy atom. The lowest BCUT2D eigenvalue weighted by molar-refractivity contribution is 0.266. The Labute approximate surface area is 148 Å². The highest BCUT2D eigenvalue weighted by molar-refractivity contribution is 5.11. The highest BCUT2D eigenvalue weighted by Gasteiger charge is 2.22. The van der Waals surface area contributed by atoms with E-state index >= 15 is 0 Å². The Hall–Kier alpha value is -0.780. The van der Waals surface area contributed by atoms with Gasteiger partial charge in [0.25, 0.3) is 0 Å². The summed E-state index contributed by atoms with van der Waals surface area (Å²) >= 11 is 0. The van der Waals surface area contributed by atoms with E-state index in [0.717, 1.165) is 0 Å². The monoisotopic (exact) mass is 320 g/mol. The lowest BCUT2D eigenvalue weighted by atomic mass is 9.80. The summed E-state index contributed by atoms with van der Waals surface area (Å²) in [7, 11) is 0. The van der Waals surface area contributed by atoms with Crippen molar-refractivity contribution in [2.75, 3.05) is 0 Å². The summed E-state index contributed by atoms with van der Waals surface area (Å²) < 4.78 is 0. The zero-order valence-electron chi connectivity index (χ0n) is 17.3. The van der Waals surface area contributed by atoms with Crippen molar-refractivity contribution < 1.29 is 0 Å². The quantitative estimate of drug-likeness (QED) is 0.454. The molecule has 0 radical (unpaired) electrons. The fraction of sp³-hybridized carbons (Fsp3) is 0.739. The summed E-state index contributed by atoms with van der Waals surface area (Å²) in [5, 5.41) is 0. The molecule has 0 aromatic heterocycles. The molecule has 2 rings (SSSR count). The van der Waals surface area contributed by atoms with Crippen LogP contribution in [0.1, 0.15) is 105 Å². The summed E-state index contributed by atoms with van der Waals surface area (Å²) in [4.78, 5) is 0. The Morgan fingerprint density at radius 1 is 0.739 bits per heavy atom. The van der Waals surface area contributed by atoms with Gasteiger partial charge < -0.3 is 0 Å². The van der Waals surface area contributed by atoms with Crippen molar-refractivity contribution in [3.05, 3.63) is 35.9 Å². The van der Waals surface area contributed by atoms with E-state index in [-0.39, 0.29) is 0 Å². The Morgan fingerprint density at radius 3 is 1.39 bits per heavy atom. The van der Waals surface area contributed by atoms with E-state index in [1.54, 1.807) is 0 Å². The van der Waals surface area contributed by atoms with Crippen LogP contribution in [0.4, 0.5) is 0 Å². The molecule has 1 aromatic carbocycles. The molecule has 0 heteroatoms. The van der Waals surface area contributed by atoms with Crippen molar-refractivity contribution in [3.63, 3.8) is 0 Å². The third-order valence-corrected chi connectivity index (χ3v) is 4.10. The molecule has 0 nitrogen and oxygen atoms in total. The van der Waals surface area contributed by atoms with Crippen LogP contribution < -0.4 is 0 Å². The van der Waals surface area contributed by atoms with Gasteiger partial charge in [0.15, 0.2) is 0 Å². The summed E-state index contributed by atoms with van der Waals surface area (Å²) in [6.45, 7) is 15.4. The fourth-order valence-electron chi connectivity index (χ4n) is 2.47. The van der Waals surface area contributed by atoms with Crippen molar-refractivity contribution in [1.29, 1.82) is 0 Å². The highest BCUT2D eigenvalue weighted by atomic mass is 14.3. The fourth-order valence-corrected chi connectivity index (χ4v) is 2.47. The van der Waals surface area contributed by atoms with Crippen LogP contribution >= 0.6 is 0 Å². The van der Waals surface area contributed by atoms with Gasteiger partial charge in [0, 0.05) is 0 Å². The summed E-state index contributed by atoms with van der Waals surface area (Å²) in [5.41, 5.74) is 2.03. The number of rotatable bonds is 1. The molecule has 1 aliphatic rings. The van der Waals surface area contributed by atoms with Gasteiger partial charge in [-0.25, -0.2) is 0 Å². The molecule has 0 amide bonds. The molecule has 0 spiro atoms. The molecule has 1 aliphatic carbocycles. The summed E-state index contributed by atoms with van der Waals surface area (Å²) in [6, 6.07) is 10.3. The highest BCUT2D eigenvalue weighted by Crippen LogP contribution is 2.36. The molecule has 1 saturated carbocycles. The van der Waals surface area contributed by atoms with Gasteiger partial charge >= 0.3 is 0 Å². The second-order valence-electron chi connectivity index (χ2n) is 7.15. The molecular weight excluding hydrogens is 276 g/mol. The average molecular weight is 321 g/mol. The van der Waals surface area contributed by atoms with Crippen LogP contribution in [-0.2, 0) is 0 Å². The molecule has 0 unspecified atom stereocenters. The number of benzene rings is 1. The van der Waals surface area contributed by atoms with Crippen molar-refractivity contribution in [2.24, 2.45) is 5.41 Å². The van der Waals surface area contributed by atoms with Gasteiger partial charge in [-0.05, 0) is 25.2 Å². The Bertz CT molecular complexity index is 302. The Balaban J connectivity index is 0. The van der Waals surface area contributed by atoms with Crippen LogP contribution in [0.15, 0.2) is 30.3 Å². The third kappa shape index (κ3) is 17.4. The second kappa shape index (κ2) is 17.6. The molecule has 1 fully saturated rings. The maximum absolute atomic E-state index is 2.46. The van der Waals surface area contributed by atoms with Gasteiger partial charge in [-0.1, -0.05) is 122 Å². The topological polar surface area (TPSA) is 0 Å². The first-order valence-corrected chi connectivity index (χ1v) is 10.0. The molecule has 0 bridgehead atoms. The average Bonchev–Trinajstić information content (AvgIpc) is 2.76. The molecule has 0 atom stereocenters. The first kappa shape index (κ1) is 24.5. The van der Waals surface area contributed by atoms with Crippen molar-refractivity contribution >= 4 is 0 Å². The van der Waals surface area contributed by atoms with Gasteiger partial charge in [-0.2, -0.15) is 0 Å². The van der Waals surface area contributed by atoms with Crippen molar-refractivity contribution in [3.8, 4) is 0 Å². The van der Waals surface area contributed by atoms with Crippen LogP contribution in [0.2, 0.25) is 0 Å². The van der Waals surface area contributed by atoms with E-state index in [9.17, 15) is 0 Å². The van der Waals surface area contributed by atoms with E-state index in [4.69, 9.17) is 0 Å². The minimum absolute atomic E-state index is 0.705. The predicted octanol–water partition coefficient (Wildman–Crippen LogP) is 8.58. The second-order valence-corrected chi connectivity index (χ2v) is 7.15. The van der Waals surface area contributed by atoms with E-state index in [0.29, 0.717) is 5.41 Å². The molecule has 23 heavy (non-hydrogen) atoms. The SMILES string of the molecule is CCC.CCC.CCC1(C)CCCCCC1.Cc1ccccc1. The largest absolute Gasteiger partial charge is 0.0656 e. The van der Waals surface area contributed by atoms with E-state index in [1.165, 1.54) is 63.4 Å². The van der Waals surface area contributed by atoms with Crippen LogP contribution in [0, 0.1) is 12.3 Å². The van der Waals surface area contributed by atoms with Gasteiger partial charge in [0.1, 0.15) is 0 Å². The van der Waals surface area contributed by atoms with Gasteiger partial charge in [-0.15, -0.1) is 0 Å². The standard InChI is InChI=1S/C10H20.C7H8.2C3H8/c1-3-10(2)8-6-4-5-7-9-10;1-7-5-3-2-4-6-7;2*1-3-2/h3-9H2,1-2H3;2-6H,1H3;2*3H2,1-2H3. The van der Waals surface area contributed by atoms with Crippen LogP contribution in [0.5, 0.6) is 0 Å². The smallest absolute Gasteiger partial charge is 0.0328 e. The zero-order chi connectivity index (χ0) is 18.0. The third-order valence-electron chi connectivity index (χ3n) is 4.10. The maximum atomic E-state index is 2.46. The lowest BCUT2D eigenvalue weighted by Crippen LogP contribution is -2.12. The first-order valence-electron chi connectivity index (χ1n) is 10.0. The normalized spacial score (nSPS) is 15.4. The molecule has 1 aromatic rings. The zero-order valence-corrected chi connectivity index (χ0v) is 17.3. The van der Waals surface area contributed by atoms with Crippen LogP contribution in [0.25, 0.3) is 0 Å². The Kier molecular flexibility index (Phi) is 18.7. The van der Waals surface area contributed by atoms with Crippen molar-refractivity contribution in [1.82, 2.24) is 0 Å². The lowest BCUT2D eigenvalue weighted by Gasteiger charge is -2.25. The molecule has 0 aliphatic heterocycles. The first-order chi connectivity index (χ1) is 11.0. The minimum Gasteiger partial charge on any atom is -0.0656 e. The minimum atomic E-state index is 0.705. The maximum Gasteiger partial charge on any atom is -0.0328 e. The summed E-state index contributed by atoms with van der Waals surface area (Å²) in [5.74, 6) is 0. The molecule has 0 N–H and O–H groups in total. The number of aryl methyl sites for hydroxylation is 1. The van der Waals surface area contributed by atoms with Crippen LogP contribution in [0.3, 0.4) is 0 Å². The van der Waals surface area contributed by atoms with E-state index < -0.39 is 0 Å². The van der Waals surface area contributed by atoms with Crippen LogP contribution in [-0.4, -0.2) is 0 Å². The predicted molar refractivity (Wildman–Crippen MR) is 109 cm³/mol. The van der Waals surface area contributed by atoms with Gasteiger partial charge in [-0.3, -0.25) is 0 Å². The van der Waals surface area contributed by atoms with Gasteiger partial charge in [0.05, 0.1) is 0 Å². The van der Waals surface area contributed by atoms with E-state index in [2.05, 4.69) is 60.6 Å². The number of hydrogen-bond acceptors (Lipinski definition) is 0. The van der Waals surface area contributed by atoms with Gasteiger partial charge in [0.2, 0.25) is 0 Å².